The summed E-state index contributed by atoms with van der Waals surface area (Å²) in [6.45, 7) is 10.2. The van der Waals surface area contributed by atoms with Crippen molar-refractivity contribution in [3.8, 4) is 0 Å². The minimum Gasteiger partial charge on any atom is -0.361 e. The molecule has 2 aromatic heterocycles. The van der Waals surface area contributed by atoms with Crippen molar-refractivity contribution in [3.05, 3.63) is 47.1 Å². The highest BCUT2D eigenvalue weighted by Gasteiger charge is 2.36. The number of rotatable bonds is 6. The minimum atomic E-state index is 0. The van der Waals surface area contributed by atoms with Gasteiger partial charge in [0.15, 0.2) is 0 Å². The number of aryl methyl sites for hydroxylation is 1. The molecule has 0 amide bonds. The first-order valence-electron chi connectivity index (χ1n) is 9.26. The first-order chi connectivity index (χ1) is 12.0. The van der Waals surface area contributed by atoms with Crippen molar-refractivity contribution in [2.45, 2.75) is 51.5 Å². The van der Waals surface area contributed by atoms with Crippen molar-refractivity contribution in [3.63, 3.8) is 0 Å². The summed E-state index contributed by atoms with van der Waals surface area (Å²) in [5.74, 6) is 1.33. The lowest BCUT2D eigenvalue weighted by Gasteiger charge is -2.40. The molecule has 1 aliphatic rings. The standard InChI is InChI=1S/C20H30N4O.2ClH/c1-15(2)18-11-17(23-25-18)13-24(4)14-20(7-9-21-10-8-20)19-6-5-16(3)12-22-19;;/h5-6,11-12,15,21H,7-10,13-14H2,1-4H3;2*1H. The molecular formula is C20H32Cl2N4O. The smallest absolute Gasteiger partial charge is 0.139 e. The largest absolute Gasteiger partial charge is 0.361 e. The van der Waals surface area contributed by atoms with Gasteiger partial charge in [0, 0.05) is 42.4 Å². The molecule has 1 aliphatic heterocycles. The molecule has 0 spiro atoms. The van der Waals surface area contributed by atoms with Crippen molar-refractivity contribution in [2.24, 2.45) is 0 Å². The van der Waals surface area contributed by atoms with Crippen molar-refractivity contribution in [1.82, 2.24) is 20.4 Å². The maximum absolute atomic E-state index is 5.44. The molecule has 3 heterocycles. The topological polar surface area (TPSA) is 54.2 Å². The lowest BCUT2D eigenvalue weighted by atomic mass is 9.75. The molecule has 5 nitrogen and oxygen atoms in total. The van der Waals surface area contributed by atoms with Gasteiger partial charge in [0.05, 0.1) is 5.69 Å². The summed E-state index contributed by atoms with van der Waals surface area (Å²) in [5, 5.41) is 7.72. The van der Waals surface area contributed by atoms with E-state index in [2.05, 4.69) is 61.4 Å². The third-order valence-electron chi connectivity index (χ3n) is 5.17. The summed E-state index contributed by atoms with van der Waals surface area (Å²) in [4.78, 5) is 7.13. The molecule has 27 heavy (non-hydrogen) atoms. The summed E-state index contributed by atoms with van der Waals surface area (Å²) < 4.78 is 5.44. The fourth-order valence-electron chi connectivity index (χ4n) is 3.71. The average Bonchev–Trinajstić information content (AvgIpc) is 3.05. The van der Waals surface area contributed by atoms with Gasteiger partial charge in [-0.05, 0) is 51.5 Å². The highest BCUT2D eigenvalue weighted by molar-refractivity contribution is 5.85. The van der Waals surface area contributed by atoms with E-state index in [1.807, 2.05) is 6.20 Å². The van der Waals surface area contributed by atoms with Gasteiger partial charge in [-0.15, -0.1) is 24.8 Å². The van der Waals surface area contributed by atoms with Crippen LogP contribution in [0.25, 0.3) is 0 Å². The Kier molecular flexibility index (Phi) is 9.22. The van der Waals surface area contributed by atoms with Crippen LogP contribution in [-0.2, 0) is 12.0 Å². The highest BCUT2D eigenvalue weighted by atomic mass is 35.5. The molecule has 1 fully saturated rings. The van der Waals surface area contributed by atoms with Crippen LogP contribution in [-0.4, -0.2) is 41.7 Å². The first kappa shape index (κ1) is 23.9. The van der Waals surface area contributed by atoms with Crippen LogP contribution >= 0.6 is 24.8 Å². The molecule has 0 bridgehead atoms. The van der Waals surface area contributed by atoms with Crippen molar-refractivity contribution >= 4 is 24.8 Å². The van der Waals surface area contributed by atoms with E-state index in [0.29, 0.717) is 5.92 Å². The summed E-state index contributed by atoms with van der Waals surface area (Å²) in [6, 6.07) is 6.47. The summed E-state index contributed by atoms with van der Waals surface area (Å²) >= 11 is 0. The number of nitrogens with zero attached hydrogens (tertiary/aromatic N) is 3. The summed E-state index contributed by atoms with van der Waals surface area (Å²) in [7, 11) is 2.17. The van der Waals surface area contributed by atoms with Gasteiger partial charge in [-0.1, -0.05) is 25.1 Å². The Morgan fingerprint density at radius 3 is 2.48 bits per heavy atom. The zero-order chi connectivity index (χ0) is 17.9. The van der Waals surface area contributed by atoms with E-state index in [9.17, 15) is 0 Å². The number of piperidine rings is 1. The van der Waals surface area contributed by atoms with Crippen LogP contribution in [0.4, 0.5) is 0 Å². The van der Waals surface area contributed by atoms with E-state index in [1.165, 1.54) is 11.3 Å². The van der Waals surface area contributed by atoms with Gasteiger partial charge in [-0.3, -0.25) is 9.88 Å². The summed E-state index contributed by atoms with van der Waals surface area (Å²) in [6.07, 6.45) is 4.22. The van der Waals surface area contributed by atoms with Crippen LogP contribution in [0.1, 0.15) is 55.3 Å². The molecule has 3 rings (SSSR count). The normalized spacial score (nSPS) is 16.1. The molecule has 0 atom stereocenters. The molecule has 0 unspecified atom stereocenters. The Hall–Kier alpha value is -1.14. The van der Waals surface area contributed by atoms with Crippen LogP contribution in [0.5, 0.6) is 0 Å². The number of pyridine rings is 1. The second kappa shape index (κ2) is 10.4. The van der Waals surface area contributed by atoms with E-state index >= 15 is 0 Å². The Morgan fingerprint density at radius 1 is 1.22 bits per heavy atom. The monoisotopic (exact) mass is 414 g/mol. The van der Waals surface area contributed by atoms with Crippen molar-refractivity contribution in [1.29, 1.82) is 0 Å². The molecule has 0 radical (unpaired) electrons. The Balaban J connectivity index is 0.00000182. The quantitative estimate of drug-likeness (QED) is 0.770. The molecule has 2 aromatic rings. The molecule has 7 heteroatoms. The lowest BCUT2D eigenvalue weighted by molar-refractivity contribution is 0.188. The van der Waals surface area contributed by atoms with E-state index in [-0.39, 0.29) is 30.2 Å². The fraction of sp³-hybridized carbons (Fsp3) is 0.600. The van der Waals surface area contributed by atoms with Gasteiger partial charge in [0.25, 0.3) is 0 Å². The minimum absolute atomic E-state index is 0. The van der Waals surface area contributed by atoms with Gasteiger partial charge in [0.1, 0.15) is 5.76 Å². The Labute approximate surface area is 175 Å². The van der Waals surface area contributed by atoms with Crippen LogP contribution in [0.15, 0.2) is 28.9 Å². The maximum atomic E-state index is 5.44. The number of hydrogen-bond donors (Lipinski definition) is 1. The predicted octanol–water partition coefficient (Wildman–Crippen LogP) is 4.10. The molecule has 0 aliphatic carbocycles. The molecule has 1 saturated heterocycles. The SMILES string of the molecule is Cc1ccc(C2(CN(C)Cc3cc(C(C)C)on3)CCNCC2)nc1.Cl.Cl. The number of hydrogen-bond acceptors (Lipinski definition) is 5. The average molecular weight is 415 g/mol. The second-order valence-electron chi connectivity index (χ2n) is 7.80. The zero-order valence-corrected chi connectivity index (χ0v) is 18.3. The van der Waals surface area contributed by atoms with Crippen molar-refractivity contribution in [2.75, 3.05) is 26.7 Å². The molecule has 0 aromatic carbocycles. The van der Waals surface area contributed by atoms with Crippen LogP contribution in [0.3, 0.4) is 0 Å². The Morgan fingerprint density at radius 2 is 1.93 bits per heavy atom. The number of aromatic nitrogens is 2. The van der Waals surface area contributed by atoms with Gasteiger partial charge < -0.3 is 9.84 Å². The predicted molar refractivity (Wildman–Crippen MR) is 114 cm³/mol. The zero-order valence-electron chi connectivity index (χ0n) is 16.7. The number of nitrogens with one attached hydrogen (secondary N) is 1. The van der Waals surface area contributed by atoms with Crippen LogP contribution < -0.4 is 5.32 Å². The summed E-state index contributed by atoms with van der Waals surface area (Å²) in [5.41, 5.74) is 3.55. The maximum Gasteiger partial charge on any atom is 0.139 e. The highest BCUT2D eigenvalue weighted by Crippen LogP contribution is 2.33. The van der Waals surface area contributed by atoms with Crippen LogP contribution in [0.2, 0.25) is 0 Å². The number of halogens is 2. The molecule has 152 valence electrons. The van der Waals surface area contributed by atoms with Gasteiger partial charge in [-0.2, -0.15) is 0 Å². The first-order valence-corrected chi connectivity index (χ1v) is 9.26. The van der Waals surface area contributed by atoms with Gasteiger partial charge >= 0.3 is 0 Å². The van der Waals surface area contributed by atoms with E-state index in [0.717, 1.165) is 50.5 Å². The van der Waals surface area contributed by atoms with E-state index in [4.69, 9.17) is 9.51 Å². The van der Waals surface area contributed by atoms with Gasteiger partial charge in [-0.25, -0.2) is 0 Å². The number of likely N-dealkylation sites (N-methyl/N-ethyl adjacent to an activating group) is 1. The third-order valence-corrected chi connectivity index (χ3v) is 5.17. The molecular weight excluding hydrogens is 383 g/mol. The van der Waals surface area contributed by atoms with Crippen LogP contribution in [0, 0.1) is 6.92 Å². The van der Waals surface area contributed by atoms with E-state index in [1.54, 1.807) is 0 Å². The van der Waals surface area contributed by atoms with Crippen molar-refractivity contribution < 1.29 is 4.52 Å². The Bertz CT molecular complexity index is 682. The molecule has 0 saturated carbocycles. The fourth-order valence-corrected chi connectivity index (χ4v) is 3.71. The van der Waals surface area contributed by atoms with Gasteiger partial charge in [0.2, 0.25) is 0 Å². The van der Waals surface area contributed by atoms with E-state index < -0.39 is 0 Å². The third kappa shape index (κ3) is 5.92. The lowest BCUT2D eigenvalue weighted by Crippen LogP contribution is -2.47. The second-order valence-corrected chi connectivity index (χ2v) is 7.80. The molecule has 1 N–H and O–H groups in total.